The van der Waals surface area contributed by atoms with Crippen LogP contribution < -0.4 is 34.9 Å². The molecule has 3 aromatic rings. The van der Waals surface area contributed by atoms with E-state index < -0.39 is 5.91 Å². The second-order valence-electron chi connectivity index (χ2n) is 3.60. The third-order valence-electron chi connectivity index (χ3n) is 2.30. The fourth-order valence-corrected chi connectivity index (χ4v) is 2.23. The zero-order valence-corrected chi connectivity index (χ0v) is 13.6. The van der Waals surface area contributed by atoms with Gasteiger partial charge in [-0.3, -0.25) is 10.1 Å². The van der Waals surface area contributed by atoms with Gasteiger partial charge in [-0.15, -0.1) is 16.4 Å². The smallest absolute Gasteiger partial charge is 1.00 e. The molecule has 3 rings (SSSR count). The van der Waals surface area contributed by atoms with E-state index in [2.05, 4.69) is 35.9 Å². The van der Waals surface area contributed by atoms with Crippen molar-refractivity contribution in [1.29, 1.82) is 0 Å². The Morgan fingerprint density at radius 1 is 1.48 bits per heavy atom. The predicted octanol–water partition coefficient (Wildman–Crippen LogP) is -2.21. The van der Waals surface area contributed by atoms with Crippen molar-refractivity contribution in [3.63, 3.8) is 0 Å². The summed E-state index contributed by atoms with van der Waals surface area (Å²) in [6, 6.07) is 3.11. The Bertz CT molecular complexity index is 751. The largest absolute Gasteiger partial charge is 1.00 e. The average Bonchev–Trinajstić information content (AvgIpc) is 3.10. The fraction of sp³-hybridized carbons (Fsp3) is 0. The Morgan fingerprint density at radius 3 is 3.05 bits per heavy atom. The minimum Gasteiger partial charge on any atom is -1.00 e. The van der Waals surface area contributed by atoms with Crippen molar-refractivity contribution in [1.82, 2.24) is 30.6 Å². The van der Waals surface area contributed by atoms with Crippen molar-refractivity contribution < 1.29 is 40.9 Å². The molecule has 21 heavy (non-hydrogen) atoms. The molecule has 0 atom stereocenters. The molecule has 0 unspecified atom stereocenters. The maximum Gasteiger partial charge on any atom is 1.00 e. The van der Waals surface area contributed by atoms with Crippen molar-refractivity contribution in [2.24, 2.45) is 0 Å². The monoisotopic (exact) mass is 313 g/mol. The summed E-state index contributed by atoms with van der Waals surface area (Å²) in [4.78, 5) is 20.0. The Labute approximate surface area is 145 Å². The number of anilines is 1. The van der Waals surface area contributed by atoms with Gasteiger partial charge in [0.2, 0.25) is 0 Å². The second kappa shape index (κ2) is 6.72. The van der Waals surface area contributed by atoms with Gasteiger partial charge in [0.1, 0.15) is 22.1 Å². The van der Waals surface area contributed by atoms with Crippen LogP contribution in [0.2, 0.25) is 0 Å². The number of aromatic hydroxyl groups is 1. The van der Waals surface area contributed by atoms with Crippen LogP contribution in [0.1, 0.15) is 11.9 Å². The molecule has 0 aliphatic carbocycles. The maximum atomic E-state index is 11.9. The number of pyridine rings is 1. The molecule has 0 bridgehead atoms. The third-order valence-corrected chi connectivity index (χ3v) is 3.15. The number of tetrazole rings is 1. The van der Waals surface area contributed by atoms with Crippen LogP contribution in [0.25, 0.3) is 10.7 Å². The van der Waals surface area contributed by atoms with Crippen molar-refractivity contribution in [3.8, 4) is 16.5 Å². The number of carbonyl (C=O) groups is 1. The molecular formula is C10H8N7NaO2S. The van der Waals surface area contributed by atoms with Gasteiger partial charge >= 0.3 is 29.6 Å². The molecule has 0 aromatic carbocycles. The number of amides is 1. The average molecular weight is 313 g/mol. The normalized spacial score (nSPS) is 9.90. The summed E-state index contributed by atoms with van der Waals surface area (Å²) in [5.41, 5.74) is 0.510. The number of carbonyl (C=O) groups excluding carboxylic acids is 1. The SMILES string of the molecule is O=C(Nc1nn[nH]n1)c1csc(-c2ncccc2O)n1.[H-].[Na+]. The molecule has 0 saturated heterocycles. The quantitative estimate of drug-likeness (QED) is 0.468. The van der Waals surface area contributed by atoms with Crippen LogP contribution in [0, 0.1) is 0 Å². The van der Waals surface area contributed by atoms with E-state index in [1.54, 1.807) is 11.4 Å². The van der Waals surface area contributed by atoms with E-state index in [1.165, 1.54) is 23.6 Å². The Balaban J connectivity index is 0.00000121. The summed E-state index contributed by atoms with van der Waals surface area (Å²) >= 11 is 1.20. The van der Waals surface area contributed by atoms with Crippen LogP contribution in [-0.2, 0) is 0 Å². The summed E-state index contributed by atoms with van der Waals surface area (Å²) in [6.07, 6.45) is 1.54. The first-order valence-electron chi connectivity index (χ1n) is 5.39. The van der Waals surface area contributed by atoms with Crippen molar-refractivity contribution in [2.75, 3.05) is 5.32 Å². The van der Waals surface area contributed by atoms with Crippen molar-refractivity contribution in [2.45, 2.75) is 0 Å². The van der Waals surface area contributed by atoms with Gasteiger partial charge in [-0.05, 0) is 17.3 Å². The number of nitrogens with one attached hydrogen (secondary N) is 2. The van der Waals surface area contributed by atoms with Gasteiger partial charge in [0.25, 0.3) is 11.9 Å². The predicted molar refractivity (Wildman–Crippen MR) is 70.3 cm³/mol. The van der Waals surface area contributed by atoms with Crippen LogP contribution >= 0.6 is 11.3 Å². The molecule has 0 spiro atoms. The van der Waals surface area contributed by atoms with E-state index in [4.69, 9.17) is 0 Å². The molecule has 0 radical (unpaired) electrons. The molecule has 3 aromatic heterocycles. The number of hydrogen-bond donors (Lipinski definition) is 3. The fourth-order valence-electron chi connectivity index (χ4n) is 1.43. The molecule has 1 amide bonds. The Morgan fingerprint density at radius 2 is 2.33 bits per heavy atom. The molecule has 102 valence electrons. The molecular weight excluding hydrogens is 305 g/mol. The van der Waals surface area contributed by atoms with Gasteiger partial charge in [-0.2, -0.15) is 5.21 Å². The summed E-state index contributed by atoms with van der Waals surface area (Å²) < 4.78 is 0. The van der Waals surface area contributed by atoms with Gasteiger partial charge in [-0.1, -0.05) is 5.10 Å². The van der Waals surface area contributed by atoms with Gasteiger partial charge in [0.15, 0.2) is 0 Å². The number of hydrogen-bond acceptors (Lipinski definition) is 8. The Kier molecular flexibility index (Phi) is 4.96. The summed E-state index contributed by atoms with van der Waals surface area (Å²) in [5.74, 6) is -0.401. The van der Waals surface area contributed by atoms with Crippen LogP contribution in [-0.4, -0.2) is 41.6 Å². The minimum atomic E-state index is -0.468. The van der Waals surface area contributed by atoms with Crippen molar-refractivity contribution >= 4 is 23.2 Å². The van der Waals surface area contributed by atoms with Gasteiger partial charge in [0, 0.05) is 11.6 Å². The molecule has 11 heteroatoms. The number of nitrogens with zero attached hydrogens (tertiary/aromatic N) is 5. The van der Waals surface area contributed by atoms with E-state index in [9.17, 15) is 9.90 Å². The standard InChI is InChI=1S/C10H7N7O2S.Na.H/c18-6-2-1-3-11-7(6)9-12-5(4-20-9)8(19)13-10-14-16-17-15-10;;/h1-4,18H,(H2,13,14,15,16,17,19);;/q;+1;-1. The van der Waals surface area contributed by atoms with Crippen LogP contribution in [0.3, 0.4) is 0 Å². The molecule has 0 aliphatic rings. The van der Waals surface area contributed by atoms with Gasteiger partial charge < -0.3 is 6.53 Å². The van der Waals surface area contributed by atoms with E-state index in [0.717, 1.165) is 0 Å². The van der Waals surface area contributed by atoms with E-state index in [0.29, 0.717) is 10.7 Å². The molecule has 9 nitrogen and oxygen atoms in total. The van der Waals surface area contributed by atoms with Crippen LogP contribution in [0.4, 0.5) is 5.95 Å². The van der Waals surface area contributed by atoms with E-state index >= 15 is 0 Å². The van der Waals surface area contributed by atoms with Crippen LogP contribution in [0.15, 0.2) is 23.7 Å². The summed E-state index contributed by atoms with van der Waals surface area (Å²) in [7, 11) is 0. The summed E-state index contributed by atoms with van der Waals surface area (Å²) in [5, 5.41) is 26.9. The number of aromatic nitrogens is 6. The molecule has 3 N–H and O–H groups in total. The first-order valence-corrected chi connectivity index (χ1v) is 6.26. The summed E-state index contributed by atoms with van der Waals surface area (Å²) in [6.45, 7) is 0. The first kappa shape index (κ1) is 15.5. The third kappa shape index (κ3) is 3.42. The van der Waals surface area contributed by atoms with E-state index in [1.807, 2.05) is 0 Å². The van der Waals surface area contributed by atoms with E-state index in [-0.39, 0.29) is 48.4 Å². The van der Waals surface area contributed by atoms with Gasteiger partial charge in [-0.25, -0.2) is 9.97 Å². The molecule has 0 saturated carbocycles. The number of thiazole rings is 1. The minimum absolute atomic E-state index is 0. The number of rotatable bonds is 3. The van der Waals surface area contributed by atoms with Gasteiger partial charge in [0.05, 0.1) is 0 Å². The topological polar surface area (TPSA) is 130 Å². The maximum absolute atomic E-state index is 11.9. The molecule has 0 fully saturated rings. The first-order chi connectivity index (χ1) is 9.74. The molecule has 0 aliphatic heterocycles. The number of H-pyrrole nitrogens is 1. The molecule has 3 heterocycles. The zero-order chi connectivity index (χ0) is 13.9. The van der Waals surface area contributed by atoms with Crippen LogP contribution in [0.5, 0.6) is 5.75 Å². The second-order valence-corrected chi connectivity index (χ2v) is 4.46. The van der Waals surface area contributed by atoms with Crippen molar-refractivity contribution in [3.05, 3.63) is 29.4 Å². The Hall–Kier alpha value is -1.88. The zero-order valence-electron chi connectivity index (χ0n) is 11.8. The number of aromatic amines is 1.